The topological polar surface area (TPSA) is 113 Å². The minimum atomic E-state index is -5.38. The fourth-order valence-corrected chi connectivity index (χ4v) is 4.72. The average molecular weight is 592 g/mol. The van der Waals surface area contributed by atoms with Crippen LogP contribution in [0, 0.1) is 0 Å². The lowest BCUT2D eigenvalue weighted by Gasteiger charge is -2.30. The van der Waals surface area contributed by atoms with Crippen molar-refractivity contribution in [1.82, 2.24) is 14.8 Å². The number of nitrogens with zero attached hydrogens (tertiary/aromatic N) is 5. The third-order valence-corrected chi connectivity index (χ3v) is 7.12. The van der Waals surface area contributed by atoms with E-state index in [9.17, 15) is 32.3 Å². The summed E-state index contributed by atoms with van der Waals surface area (Å²) in [6.07, 6.45) is -2.26. The molecular weight excluding hydrogens is 559 g/mol. The first-order valence-electron chi connectivity index (χ1n) is 13.3. The number of hydrogen-bond acceptors (Lipinski definition) is 8. The van der Waals surface area contributed by atoms with E-state index in [2.05, 4.69) is 9.82 Å². The zero-order chi connectivity index (χ0) is 30.8. The summed E-state index contributed by atoms with van der Waals surface area (Å²) in [5, 5.41) is 0.315. The molecule has 0 bridgehead atoms. The predicted octanol–water partition coefficient (Wildman–Crippen LogP) is 3.64. The van der Waals surface area contributed by atoms with E-state index in [4.69, 9.17) is 4.74 Å². The number of amides is 4. The molecule has 3 heterocycles. The number of imide groups is 1. The number of carbonyl (C=O) groups excluding carboxylic acids is 4. The van der Waals surface area contributed by atoms with Crippen LogP contribution in [-0.4, -0.2) is 83.2 Å². The number of morpholine rings is 1. The average Bonchev–Trinajstić information content (AvgIpc) is 3.10. The van der Waals surface area contributed by atoms with Crippen LogP contribution in [0.3, 0.4) is 0 Å². The Hall–Kier alpha value is -4.04. The molecule has 2 aliphatic heterocycles. The zero-order valence-corrected chi connectivity index (χ0v) is 23.7. The van der Waals surface area contributed by atoms with Gasteiger partial charge in [-0.05, 0) is 55.2 Å². The summed E-state index contributed by atoms with van der Waals surface area (Å²) in [6, 6.07) is 6.93. The van der Waals surface area contributed by atoms with E-state index in [0.717, 1.165) is 10.5 Å². The van der Waals surface area contributed by atoms with Gasteiger partial charge in [-0.1, -0.05) is 19.9 Å². The number of halogens is 3. The minimum Gasteiger partial charge on any atom is -0.379 e. The molecule has 4 amide bonds. The van der Waals surface area contributed by atoms with Gasteiger partial charge in [0.2, 0.25) is 0 Å². The number of alkyl halides is 3. The highest BCUT2D eigenvalue weighted by Crippen LogP contribution is 2.38. The highest BCUT2D eigenvalue weighted by molar-refractivity contribution is 6.23. The molecule has 0 saturated carbocycles. The summed E-state index contributed by atoms with van der Waals surface area (Å²) >= 11 is 0. The SMILES string of the molecule is CC(C)c1ccc(N2C(=O)N(Cc3ccncc3)C(C)(C)C2=O)cc1N(OC(=O)C(F)(F)F)C(=O)CN1CCOCC1. The molecule has 42 heavy (non-hydrogen) atoms. The number of anilines is 2. The Morgan fingerprint density at radius 2 is 1.74 bits per heavy atom. The van der Waals surface area contributed by atoms with E-state index >= 15 is 0 Å². The van der Waals surface area contributed by atoms with Gasteiger partial charge in [0.05, 0.1) is 31.1 Å². The van der Waals surface area contributed by atoms with Gasteiger partial charge in [0.15, 0.2) is 0 Å². The lowest BCUT2D eigenvalue weighted by atomic mass is 9.99. The number of urea groups is 1. The van der Waals surface area contributed by atoms with Crippen molar-refractivity contribution in [2.45, 2.75) is 51.9 Å². The van der Waals surface area contributed by atoms with Gasteiger partial charge < -0.3 is 14.5 Å². The normalized spacial score (nSPS) is 17.6. The van der Waals surface area contributed by atoms with Crippen molar-refractivity contribution in [1.29, 1.82) is 0 Å². The van der Waals surface area contributed by atoms with Crippen molar-refractivity contribution in [3.8, 4) is 0 Å². The number of hydrogen-bond donors (Lipinski definition) is 0. The first-order chi connectivity index (χ1) is 19.7. The van der Waals surface area contributed by atoms with Crippen LogP contribution >= 0.6 is 0 Å². The molecule has 2 fully saturated rings. The fourth-order valence-electron chi connectivity index (χ4n) is 4.72. The minimum absolute atomic E-state index is 0.00179. The summed E-state index contributed by atoms with van der Waals surface area (Å²) in [6.45, 7) is 7.74. The monoisotopic (exact) mass is 591 g/mol. The maximum Gasteiger partial charge on any atom is 0.493 e. The van der Waals surface area contributed by atoms with Crippen LogP contribution in [0.4, 0.5) is 29.3 Å². The summed E-state index contributed by atoms with van der Waals surface area (Å²) in [5.74, 6) is -4.45. The Balaban J connectivity index is 1.75. The van der Waals surface area contributed by atoms with Crippen LogP contribution in [0.15, 0.2) is 42.7 Å². The lowest BCUT2D eigenvalue weighted by molar-refractivity contribution is -0.201. The van der Waals surface area contributed by atoms with Crippen molar-refractivity contribution in [2.24, 2.45) is 0 Å². The number of rotatable bonds is 7. The van der Waals surface area contributed by atoms with Gasteiger partial charge in [0, 0.05) is 32.0 Å². The maximum atomic E-state index is 13.6. The lowest BCUT2D eigenvalue weighted by Crippen LogP contribution is -2.47. The molecule has 0 aliphatic carbocycles. The van der Waals surface area contributed by atoms with Crippen LogP contribution in [0.25, 0.3) is 0 Å². The van der Waals surface area contributed by atoms with Gasteiger partial charge in [-0.2, -0.15) is 13.2 Å². The number of pyridine rings is 1. The molecule has 2 aliphatic rings. The first kappa shape index (κ1) is 30.9. The Labute approximate surface area is 240 Å². The number of aromatic nitrogens is 1. The molecule has 2 saturated heterocycles. The van der Waals surface area contributed by atoms with Crippen molar-refractivity contribution >= 4 is 35.2 Å². The fraction of sp³-hybridized carbons (Fsp3) is 0.464. The standard InChI is InChI=1S/C28H32F3N5O6/c1-18(2)21-6-5-20(35-24(38)27(3,4)34(26(35)40)16-19-7-9-32-10-8-19)15-22(21)36(42-25(39)28(29,30)31)23(37)17-33-11-13-41-14-12-33/h5-10,15,18H,11-14,16-17H2,1-4H3. The van der Waals surface area contributed by atoms with Gasteiger partial charge in [-0.15, -0.1) is 5.06 Å². The molecule has 0 unspecified atom stereocenters. The van der Waals surface area contributed by atoms with Gasteiger partial charge in [-0.25, -0.2) is 14.5 Å². The van der Waals surface area contributed by atoms with E-state index in [1.807, 2.05) is 0 Å². The van der Waals surface area contributed by atoms with Crippen molar-refractivity contribution in [2.75, 3.05) is 42.8 Å². The Morgan fingerprint density at radius 3 is 2.33 bits per heavy atom. The van der Waals surface area contributed by atoms with E-state index in [1.54, 1.807) is 57.1 Å². The van der Waals surface area contributed by atoms with E-state index in [0.29, 0.717) is 36.9 Å². The predicted molar refractivity (Wildman–Crippen MR) is 144 cm³/mol. The number of benzene rings is 1. The smallest absolute Gasteiger partial charge is 0.379 e. The first-order valence-corrected chi connectivity index (χ1v) is 13.3. The summed E-state index contributed by atoms with van der Waals surface area (Å²) < 4.78 is 45.1. The molecule has 0 spiro atoms. The molecule has 226 valence electrons. The van der Waals surface area contributed by atoms with E-state index < -0.39 is 35.5 Å². The molecule has 0 radical (unpaired) electrons. The van der Waals surface area contributed by atoms with E-state index in [1.165, 1.54) is 23.1 Å². The highest BCUT2D eigenvalue weighted by atomic mass is 19.4. The van der Waals surface area contributed by atoms with Gasteiger partial charge in [-0.3, -0.25) is 19.5 Å². The quantitative estimate of drug-likeness (QED) is 0.355. The van der Waals surface area contributed by atoms with Crippen molar-refractivity contribution in [3.63, 3.8) is 0 Å². The molecule has 2 aromatic rings. The third-order valence-electron chi connectivity index (χ3n) is 7.12. The Kier molecular flexibility index (Phi) is 8.87. The molecule has 14 heteroatoms. The van der Waals surface area contributed by atoms with Crippen molar-refractivity contribution < 1.29 is 41.9 Å². The van der Waals surface area contributed by atoms with E-state index in [-0.39, 0.29) is 30.4 Å². The second kappa shape index (κ2) is 12.1. The summed E-state index contributed by atoms with van der Waals surface area (Å²) in [7, 11) is 0. The van der Waals surface area contributed by atoms with Gasteiger partial charge in [0.25, 0.3) is 11.8 Å². The third kappa shape index (κ3) is 6.39. The molecule has 0 atom stereocenters. The molecule has 4 rings (SSSR count). The number of carbonyl (C=O) groups is 4. The largest absolute Gasteiger partial charge is 0.493 e. The zero-order valence-electron chi connectivity index (χ0n) is 23.7. The summed E-state index contributed by atoms with van der Waals surface area (Å²) in [5.41, 5.74) is -0.371. The molecular formula is C28H32F3N5O6. The maximum absolute atomic E-state index is 13.6. The Bertz CT molecular complexity index is 1350. The van der Waals surface area contributed by atoms with Gasteiger partial charge in [0.1, 0.15) is 5.54 Å². The second-order valence-corrected chi connectivity index (χ2v) is 10.8. The van der Waals surface area contributed by atoms with Crippen LogP contribution in [0.2, 0.25) is 0 Å². The molecule has 0 N–H and O–H groups in total. The number of ether oxygens (including phenoxy) is 1. The summed E-state index contributed by atoms with van der Waals surface area (Å²) in [4.78, 5) is 65.1. The van der Waals surface area contributed by atoms with Crippen molar-refractivity contribution in [3.05, 3.63) is 53.9 Å². The molecule has 1 aromatic carbocycles. The van der Waals surface area contributed by atoms with Crippen LogP contribution in [0.1, 0.15) is 44.7 Å². The molecule has 1 aromatic heterocycles. The Morgan fingerprint density at radius 1 is 1.10 bits per heavy atom. The highest BCUT2D eigenvalue weighted by Gasteiger charge is 2.52. The molecule has 11 nitrogen and oxygen atoms in total. The van der Waals surface area contributed by atoms with Crippen LogP contribution in [-0.2, 0) is 30.5 Å². The number of hydroxylamine groups is 1. The van der Waals surface area contributed by atoms with Crippen LogP contribution in [0.5, 0.6) is 0 Å². The van der Waals surface area contributed by atoms with Gasteiger partial charge >= 0.3 is 18.2 Å². The van der Waals surface area contributed by atoms with Crippen LogP contribution < -0.4 is 9.96 Å². The second-order valence-electron chi connectivity index (χ2n) is 10.8.